The maximum atomic E-state index is 13.4. The van der Waals surface area contributed by atoms with Crippen molar-refractivity contribution in [3.63, 3.8) is 0 Å². The van der Waals surface area contributed by atoms with Crippen LogP contribution >= 0.6 is 34.7 Å². The number of rotatable bonds is 3. The zero-order chi connectivity index (χ0) is 20.8. The highest BCUT2D eigenvalue weighted by molar-refractivity contribution is 8.00. The molecule has 0 radical (unpaired) electrons. The minimum atomic E-state index is -0.587. The molecule has 2 aliphatic heterocycles. The predicted molar refractivity (Wildman–Crippen MR) is 120 cm³/mol. The van der Waals surface area contributed by atoms with Crippen LogP contribution in [-0.2, 0) is 9.59 Å². The van der Waals surface area contributed by atoms with E-state index < -0.39 is 11.2 Å². The summed E-state index contributed by atoms with van der Waals surface area (Å²) in [7, 11) is 0. The summed E-state index contributed by atoms with van der Waals surface area (Å²) in [6, 6.07) is 16.4. The van der Waals surface area contributed by atoms with Gasteiger partial charge in [0.1, 0.15) is 5.25 Å². The number of benzene rings is 2. The predicted octanol–water partition coefficient (Wildman–Crippen LogP) is 4.55. The van der Waals surface area contributed by atoms with E-state index in [0.717, 1.165) is 21.8 Å². The van der Waals surface area contributed by atoms with E-state index in [-0.39, 0.29) is 22.6 Å². The fraction of sp³-hybridized carbons (Fsp3) is 0.136. The van der Waals surface area contributed by atoms with Crippen LogP contribution < -0.4 is 9.77 Å². The van der Waals surface area contributed by atoms with Crippen LogP contribution in [0.3, 0.4) is 0 Å². The number of imide groups is 1. The Morgan fingerprint density at radius 1 is 0.967 bits per heavy atom. The molecule has 8 heteroatoms. The average Bonchev–Trinajstić information content (AvgIpc) is 3.24. The lowest BCUT2D eigenvalue weighted by Gasteiger charge is -2.27. The lowest BCUT2D eigenvalue weighted by atomic mass is 9.88. The highest BCUT2D eigenvalue weighted by Crippen LogP contribution is 2.51. The number of allylic oxidation sites excluding steroid dienone is 1. The number of thioether (sulfide) groups is 1. The van der Waals surface area contributed by atoms with Crippen LogP contribution in [0.15, 0.2) is 70.5 Å². The second-order valence-electron chi connectivity index (χ2n) is 7.06. The van der Waals surface area contributed by atoms with Crippen molar-refractivity contribution in [2.24, 2.45) is 5.92 Å². The van der Waals surface area contributed by atoms with Gasteiger partial charge in [-0.25, -0.2) is 4.90 Å². The topological polar surface area (TPSA) is 70.2 Å². The molecule has 2 aliphatic rings. The summed E-state index contributed by atoms with van der Waals surface area (Å²) in [6.07, 6.45) is 3.88. The van der Waals surface area contributed by atoms with Crippen molar-refractivity contribution in [1.82, 2.24) is 4.98 Å². The number of aromatic amines is 1. The largest absolute Gasteiger partial charge is 0.307 e. The van der Waals surface area contributed by atoms with Crippen molar-refractivity contribution < 1.29 is 9.59 Å². The Hall–Kier alpha value is -2.61. The summed E-state index contributed by atoms with van der Waals surface area (Å²) in [5, 5.41) is 0.623. The number of nitrogens with zero attached hydrogens (tertiary/aromatic N) is 1. The van der Waals surface area contributed by atoms with Crippen LogP contribution in [0.2, 0.25) is 5.02 Å². The molecule has 0 aliphatic carbocycles. The number of carbonyl (C=O) groups excluding carboxylic acids is 2. The number of nitrogens with one attached hydrogen (secondary N) is 1. The maximum Gasteiger partial charge on any atom is 0.305 e. The number of amides is 2. The minimum Gasteiger partial charge on any atom is -0.307 e. The molecule has 2 amide bonds. The minimum absolute atomic E-state index is 0.181. The molecule has 1 N–H and O–H groups in total. The Morgan fingerprint density at radius 3 is 2.43 bits per heavy atom. The van der Waals surface area contributed by atoms with Crippen LogP contribution in [-0.4, -0.2) is 22.0 Å². The summed E-state index contributed by atoms with van der Waals surface area (Å²) in [4.78, 5) is 43.3. The van der Waals surface area contributed by atoms with E-state index in [4.69, 9.17) is 11.6 Å². The number of aromatic nitrogens is 1. The number of anilines is 1. The monoisotopic (exact) mass is 454 g/mol. The summed E-state index contributed by atoms with van der Waals surface area (Å²) in [6.45, 7) is 0. The summed E-state index contributed by atoms with van der Waals surface area (Å²) < 4.78 is 0. The van der Waals surface area contributed by atoms with Gasteiger partial charge in [0.25, 0.3) is 0 Å². The number of thiazole rings is 1. The van der Waals surface area contributed by atoms with Gasteiger partial charge in [0, 0.05) is 15.8 Å². The van der Waals surface area contributed by atoms with E-state index in [0.29, 0.717) is 15.7 Å². The zero-order valence-electron chi connectivity index (χ0n) is 15.4. The fourth-order valence-electron chi connectivity index (χ4n) is 3.89. The van der Waals surface area contributed by atoms with Crippen LogP contribution in [0.25, 0.3) is 6.08 Å². The van der Waals surface area contributed by atoms with E-state index in [1.807, 2.05) is 42.5 Å². The standard InChI is InChI=1S/C22H15ClN2O3S2/c23-13-7-9-14(10-8-13)25-20(26)16-15(11-6-12-4-2-1-3-5-12)17-19(24-22(28)30-17)29-18(16)21(25)27/h1-11,15-16,18H,(H,24,28). The van der Waals surface area contributed by atoms with Gasteiger partial charge < -0.3 is 4.98 Å². The second kappa shape index (κ2) is 7.58. The van der Waals surface area contributed by atoms with Crippen LogP contribution in [0, 0.1) is 5.92 Å². The van der Waals surface area contributed by atoms with E-state index in [1.54, 1.807) is 24.3 Å². The molecule has 1 aromatic heterocycles. The number of fused-ring (bicyclic) bond motifs is 2. The van der Waals surface area contributed by atoms with Crippen molar-refractivity contribution in [1.29, 1.82) is 0 Å². The molecule has 150 valence electrons. The Bertz CT molecular complexity index is 1220. The molecule has 3 heterocycles. The highest BCUT2D eigenvalue weighted by Gasteiger charge is 2.55. The molecule has 0 bridgehead atoms. The Morgan fingerprint density at radius 2 is 1.70 bits per heavy atom. The van der Waals surface area contributed by atoms with Crippen LogP contribution in [0.5, 0.6) is 0 Å². The SMILES string of the molecule is O=C1C2Sc3[nH]c(=O)sc3C(C=Cc3ccccc3)C2C(=O)N1c1ccc(Cl)cc1. The van der Waals surface area contributed by atoms with Gasteiger partial charge in [-0.2, -0.15) is 0 Å². The van der Waals surface area contributed by atoms with Gasteiger partial charge in [-0.05, 0) is 29.8 Å². The molecule has 2 aromatic carbocycles. The molecule has 3 atom stereocenters. The van der Waals surface area contributed by atoms with E-state index in [1.165, 1.54) is 16.7 Å². The number of H-pyrrole nitrogens is 1. The molecule has 1 fully saturated rings. The quantitative estimate of drug-likeness (QED) is 0.589. The van der Waals surface area contributed by atoms with Crippen LogP contribution in [0.4, 0.5) is 5.69 Å². The molecular weight excluding hydrogens is 440 g/mol. The number of halogens is 1. The molecule has 5 rings (SSSR count). The van der Waals surface area contributed by atoms with Crippen molar-refractivity contribution in [2.45, 2.75) is 16.2 Å². The Labute approximate surface area is 185 Å². The third-order valence-corrected chi connectivity index (χ3v) is 7.92. The summed E-state index contributed by atoms with van der Waals surface area (Å²) in [5.41, 5.74) is 1.50. The van der Waals surface area contributed by atoms with E-state index >= 15 is 0 Å². The number of hydrogen-bond acceptors (Lipinski definition) is 5. The van der Waals surface area contributed by atoms with Crippen molar-refractivity contribution in [3.05, 3.63) is 85.8 Å². The van der Waals surface area contributed by atoms with Gasteiger partial charge in [0.15, 0.2) is 0 Å². The summed E-state index contributed by atoms with van der Waals surface area (Å²) >= 11 is 8.33. The van der Waals surface area contributed by atoms with Gasteiger partial charge in [0.05, 0.1) is 16.6 Å². The Balaban J connectivity index is 1.57. The third kappa shape index (κ3) is 3.23. The molecule has 1 saturated heterocycles. The fourth-order valence-corrected chi connectivity index (χ4v) is 6.50. The normalized spacial score (nSPS) is 23.1. The Kier molecular flexibility index (Phi) is 4.89. The average molecular weight is 455 g/mol. The van der Waals surface area contributed by atoms with Crippen molar-refractivity contribution in [2.75, 3.05) is 4.90 Å². The molecule has 5 nitrogen and oxygen atoms in total. The first-order chi connectivity index (χ1) is 14.5. The first-order valence-corrected chi connectivity index (χ1v) is 11.4. The van der Waals surface area contributed by atoms with Crippen molar-refractivity contribution in [3.8, 4) is 0 Å². The molecule has 0 spiro atoms. The first-order valence-electron chi connectivity index (χ1n) is 9.29. The molecule has 30 heavy (non-hydrogen) atoms. The van der Waals surface area contributed by atoms with Gasteiger partial charge >= 0.3 is 4.87 Å². The number of hydrogen-bond donors (Lipinski definition) is 1. The second-order valence-corrected chi connectivity index (χ2v) is 9.66. The van der Waals surface area contributed by atoms with Gasteiger partial charge in [-0.15, -0.1) is 0 Å². The molecule has 3 unspecified atom stereocenters. The third-order valence-electron chi connectivity index (χ3n) is 5.25. The molecule has 0 saturated carbocycles. The van der Waals surface area contributed by atoms with Gasteiger partial charge in [-0.3, -0.25) is 14.4 Å². The highest BCUT2D eigenvalue weighted by atomic mass is 35.5. The van der Waals surface area contributed by atoms with Gasteiger partial charge in [0.2, 0.25) is 11.8 Å². The molecular formula is C22H15ClN2O3S2. The number of carbonyl (C=O) groups is 2. The lowest BCUT2D eigenvalue weighted by Crippen LogP contribution is -2.31. The van der Waals surface area contributed by atoms with E-state index in [2.05, 4.69) is 4.98 Å². The zero-order valence-corrected chi connectivity index (χ0v) is 17.8. The van der Waals surface area contributed by atoms with E-state index in [9.17, 15) is 14.4 Å². The van der Waals surface area contributed by atoms with Crippen molar-refractivity contribution >= 4 is 58.3 Å². The lowest BCUT2D eigenvalue weighted by molar-refractivity contribution is -0.122. The summed E-state index contributed by atoms with van der Waals surface area (Å²) in [5.74, 6) is -1.46. The van der Waals surface area contributed by atoms with Gasteiger partial charge in [-0.1, -0.05) is 77.2 Å². The smallest absolute Gasteiger partial charge is 0.305 e. The molecule has 3 aromatic rings. The van der Waals surface area contributed by atoms with Crippen LogP contribution in [0.1, 0.15) is 16.4 Å². The maximum absolute atomic E-state index is 13.4. The first kappa shape index (κ1) is 19.4.